The van der Waals surface area contributed by atoms with Crippen molar-refractivity contribution in [3.63, 3.8) is 0 Å². The molecule has 10 heteroatoms. The summed E-state index contributed by atoms with van der Waals surface area (Å²) in [7, 11) is 1.57. The fourth-order valence-electron chi connectivity index (χ4n) is 3.97. The number of anilines is 2. The van der Waals surface area contributed by atoms with Crippen LogP contribution in [0.4, 0.5) is 20.4 Å². The predicted molar refractivity (Wildman–Crippen MR) is 122 cm³/mol. The van der Waals surface area contributed by atoms with E-state index in [1.807, 2.05) is 18.2 Å². The Balaban J connectivity index is 1.63. The molecule has 0 spiro atoms. The lowest BCUT2D eigenvalue weighted by Gasteiger charge is -2.16. The Morgan fingerprint density at radius 2 is 2.00 bits per heavy atom. The van der Waals surface area contributed by atoms with Crippen molar-refractivity contribution >= 4 is 22.8 Å². The molecule has 34 heavy (non-hydrogen) atoms. The van der Waals surface area contributed by atoms with E-state index in [4.69, 9.17) is 9.47 Å². The molecule has 0 bridgehead atoms. The average Bonchev–Trinajstić information content (AvgIpc) is 3.34. The maximum atomic E-state index is 13.9. The van der Waals surface area contributed by atoms with Gasteiger partial charge in [-0.2, -0.15) is 4.98 Å². The summed E-state index contributed by atoms with van der Waals surface area (Å²) in [5.74, 6) is -0.672. The van der Waals surface area contributed by atoms with Gasteiger partial charge in [0.25, 0.3) is 5.56 Å². The van der Waals surface area contributed by atoms with Gasteiger partial charge < -0.3 is 14.8 Å². The van der Waals surface area contributed by atoms with Crippen LogP contribution in [-0.2, 0) is 11.3 Å². The fourth-order valence-corrected chi connectivity index (χ4v) is 3.97. The first-order valence-electron chi connectivity index (χ1n) is 10.8. The van der Waals surface area contributed by atoms with Crippen LogP contribution in [-0.4, -0.2) is 39.3 Å². The quantitative estimate of drug-likeness (QED) is 0.459. The Bertz CT molecular complexity index is 1400. The van der Waals surface area contributed by atoms with E-state index in [0.717, 1.165) is 31.0 Å². The molecule has 0 radical (unpaired) electrons. The normalized spacial score (nSPS) is 15.6. The van der Waals surface area contributed by atoms with Gasteiger partial charge in [-0.05, 0) is 37.1 Å². The van der Waals surface area contributed by atoms with Crippen LogP contribution < -0.4 is 15.6 Å². The monoisotopic (exact) mass is 465 g/mol. The number of halogens is 2. The van der Waals surface area contributed by atoms with Crippen LogP contribution in [0.1, 0.15) is 12.8 Å². The highest BCUT2D eigenvalue weighted by Crippen LogP contribution is 2.23. The molecule has 1 aliphatic heterocycles. The van der Waals surface area contributed by atoms with E-state index in [1.165, 1.54) is 10.8 Å². The lowest BCUT2D eigenvalue weighted by atomic mass is 10.1. The highest BCUT2D eigenvalue weighted by Gasteiger charge is 2.22. The zero-order chi connectivity index (χ0) is 23.7. The van der Waals surface area contributed by atoms with Crippen LogP contribution in [0, 0.1) is 11.6 Å². The third-order valence-corrected chi connectivity index (χ3v) is 5.56. The van der Waals surface area contributed by atoms with Crippen molar-refractivity contribution in [1.29, 1.82) is 0 Å². The number of fused-ring (bicyclic) bond motifs is 1. The molecule has 3 heterocycles. The summed E-state index contributed by atoms with van der Waals surface area (Å²) in [5.41, 5.74) is 0.755. The highest BCUT2D eigenvalue weighted by atomic mass is 19.1. The average molecular weight is 465 g/mol. The molecule has 1 fully saturated rings. The van der Waals surface area contributed by atoms with Gasteiger partial charge in [0.05, 0.1) is 26.0 Å². The topological polar surface area (TPSA) is 91.2 Å². The molecular formula is C24H21F2N5O3. The minimum absolute atomic E-state index is 0.0454. The van der Waals surface area contributed by atoms with Gasteiger partial charge in [-0.25, -0.2) is 18.7 Å². The molecule has 0 unspecified atom stereocenters. The van der Waals surface area contributed by atoms with Crippen molar-refractivity contribution in [3.8, 4) is 17.0 Å². The molecule has 2 aromatic heterocycles. The Morgan fingerprint density at radius 3 is 2.74 bits per heavy atom. The van der Waals surface area contributed by atoms with Crippen LogP contribution in [0.3, 0.4) is 0 Å². The summed E-state index contributed by atoms with van der Waals surface area (Å²) in [5, 5.41) is 3.10. The molecule has 1 atom stereocenters. The van der Waals surface area contributed by atoms with Crippen molar-refractivity contribution in [1.82, 2.24) is 19.5 Å². The van der Waals surface area contributed by atoms with Gasteiger partial charge in [-0.3, -0.25) is 9.36 Å². The molecule has 1 N–H and O–H groups in total. The van der Waals surface area contributed by atoms with Crippen molar-refractivity contribution in [2.24, 2.45) is 0 Å². The van der Waals surface area contributed by atoms with Gasteiger partial charge in [0, 0.05) is 30.0 Å². The van der Waals surface area contributed by atoms with Crippen LogP contribution in [0.15, 0.2) is 53.5 Å². The Hall–Kier alpha value is -3.92. The zero-order valence-corrected chi connectivity index (χ0v) is 18.3. The van der Waals surface area contributed by atoms with E-state index in [2.05, 4.69) is 20.3 Å². The molecule has 4 aromatic rings. The number of ether oxygens (including phenoxy) is 2. The SMILES string of the molecule is COc1cccc(Nc2ncc3nc(-c4cc(F)cc(F)c4)c(=O)n(C[C@H]4CCCO4)c3n2)c1. The Morgan fingerprint density at radius 1 is 1.18 bits per heavy atom. The van der Waals surface area contributed by atoms with Gasteiger partial charge in [0.2, 0.25) is 5.95 Å². The maximum Gasteiger partial charge on any atom is 0.278 e. The first kappa shape index (κ1) is 21.9. The summed E-state index contributed by atoms with van der Waals surface area (Å²) in [6.45, 7) is 0.848. The van der Waals surface area contributed by atoms with Crippen LogP contribution >= 0.6 is 0 Å². The molecule has 0 aliphatic carbocycles. The van der Waals surface area contributed by atoms with Crippen molar-refractivity contribution in [3.05, 3.63) is 70.6 Å². The van der Waals surface area contributed by atoms with E-state index < -0.39 is 17.2 Å². The van der Waals surface area contributed by atoms with E-state index in [1.54, 1.807) is 13.2 Å². The van der Waals surface area contributed by atoms with Crippen LogP contribution in [0.2, 0.25) is 0 Å². The van der Waals surface area contributed by atoms with Gasteiger partial charge in [-0.15, -0.1) is 0 Å². The fraction of sp³-hybridized carbons (Fsp3) is 0.250. The number of nitrogens with zero attached hydrogens (tertiary/aromatic N) is 4. The molecule has 1 aliphatic rings. The number of rotatable bonds is 6. The number of nitrogens with one attached hydrogen (secondary N) is 1. The third kappa shape index (κ3) is 4.44. The standard InChI is InChI=1S/C24H21F2N5O3/c1-33-18-5-2-4-17(11-18)28-24-27-12-20-22(30-24)31(13-19-6-3-7-34-19)23(32)21(29-20)14-8-15(25)10-16(26)9-14/h2,4-5,8-12,19H,3,6-7,13H2,1H3,(H,27,28,30)/t19-/m1/s1. The molecular weight excluding hydrogens is 444 g/mol. The van der Waals surface area contributed by atoms with Gasteiger partial charge >= 0.3 is 0 Å². The third-order valence-electron chi connectivity index (χ3n) is 5.56. The molecule has 5 rings (SSSR count). The second kappa shape index (κ2) is 9.14. The molecule has 2 aromatic carbocycles. The summed E-state index contributed by atoms with van der Waals surface area (Å²) in [4.78, 5) is 26.6. The number of hydrogen-bond acceptors (Lipinski definition) is 7. The lowest BCUT2D eigenvalue weighted by Crippen LogP contribution is -2.29. The minimum Gasteiger partial charge on any atom is -0.497 e. The molecule has 0 amide bonds. The van der Waals surface area contributed by atoms with Crippen molar-refractivity contribution in [2.75, 3.05) is 19.0 Å². The number of benzene rings is 2. The second-order valence-electron chi connectivity index (χ2n) is 7.93. The largest absolute Gasteiger partial charge is 0.497 e. The Kier molecular flexibility index (Phi) is 5.89. The first-order valence-corrected chi connectivity index (χ1v) is 10.8. The highest BCUT2D eigenvalue weighted by molar-refractivity contribution is 5.75. The number of methoxy groups -OCH3 is 1. The van der Waals surface area contributed by atoms with Crippen molar-refractivity contribution < 1.29 is 18.3 Å². The van der Waals surface area contributed by atoms with Gasteiger partial charge in [-0.1, -0.05) is 6.07 Å². The molecule has 8 nitrogen and oxygen atoms in total. The van der Waals surface area contributed by atoms with Crippen LogP contribution in [0.25, 0.3) is 22.4 Å². The predicted octanol–water partition coefficient (Wildman–Crippen LogP) is 4.06. The van der Waals surface area contributed by atoms with E-state index in [0.29, 0.717) is 29.2 Å². The van der Waals surface area contributed by atoms with E-state index in [-0.39, 0.29) is 29.9 Å². The minimum atomic E-state index is -0.795. The summed E-state index contributed by atoms with van der Waals surface area (Å²) < 4.78 is 40.1. The summed E-state index contributed by atoms with van der Waals surface area (Å²) in [6.07, 6.45) is 2.97. The smallest absolute Gasteiger partial charge is 0.278 e. The summed E-state index contributed by atoms with van der Waals surface area (Å²) >= 11 is 0. The van der Waals surface area contributed by atoms with Crippen molar-refractivity contribution in [2.45, 2.75) is 25.5 Å². The lowest BCUT2D eigenvalue weighted by molar-refractivity contribution is 0.0971. The molecule has 174 valence electrons. The van der Waals surface area contributed by atoms with Gasteiger partial charge in [0.1, 0.15) is 28.6 Å². The second-order valence-corrected chi connectivity index (χ2v) is 7.93. The zero-order valence-electron chi connectivity index (χ0n) is 18.3. The molecule has 0 saturated carbocycles. The first-order chi connectivity index (χ1) is 16.5. The van der Waals surface area contributed by atoms with E-state index >= 15 is 0 Å². The van der Waals surface area contributed by atoms with E-state index in [9.17, 15) is 13.6 Å². The number of aromatic nitrogens is 4. The Labute approximate surface area is 193 Å². The van der Waals surface area contributed by atoms with Gasteiger partial charge in [0.15, 0.2) is 5.65 Å². The number of hydrogen-bond donors (Lipinski definition) is 1. The maximum absolute atomic E-state index is 13.9. The molecule has 1 saturated heterocycles. The summed E-state index contributed by atoms with van der Waals surface area (Å²) in [6, 6.07) is 10.1. The van der Waals surface area contributed by atoms with Crippen LogP contribution in [0.5, 0.6) is 5.75 Å².